The van der Waals surface area contributed by atoms with Crippen LogP contribution in [0.1, 0.15) is 60.8 Å². The third-order valence-electron chi connectivity index (χ3n) is 10.8. The Labute approximate surface area is 271 Å². The zero-order chi connectivity index (χ0) is 30.9. The van der Waals surface area contributed by atoms with Crippen LogP contribution in [-0.2, 0) is 48.1 Å². The number of benzene rings is 3. The van der Waals surface area contributed by atoms with Crippen LogP contribution in [0.15, 0.2) is 84.9 Å². The summed E-state index contributed by atoms with van der Waals surface area (Å²) in [6.07, 6.45) is 4.84. The zero-order valence-electron chi connectivity index (χ0n) is 26.2. The molecule has 6 fully saturated rings. The predicted molar refractivity (Wildman–Crippen MR) is 170 cm³/mol. The fraction of sp³-hybridized carbons (Fsp3) is 0.513. The summed E-state index contributed by atoms with van der Waals surface area (Å²) in [5, 5.41) is 9.69. The van der Waals surface area contributed by atoms with E-state index in [1.807, 2.05) is 60.7 Å². The van der Waals surface area contributed by atoms with Crippen molar-refractivity contribution >= 4 is 0 Å². The number of hydrogen-bond acceptors (Lipinski definition) is 7. The van der Waals surface area contributed by atoms with E-state index in [1.165, 1.54) is 19.3 Å². The molecule has 9 rings (SSSR count). The molecule has 240 valence electrons. The first kappa shape index (κ1) is 30.3. The molecule has 4 bridgehead atoms. The molecule has 0 aromatic heterocycles. The van der Waals surface area contributed by atoms with Crippen molar-refractivity contribution in [1.82, 2.24) is 0 Å². The van der Waals surface area contributed by atoms with E-state index in [2.05, 4.69) is 30.3 Å². The molecule has 7 nitrogen and oxygen atoms in total. The number of nitriles is 1. The maximum atomic E-state index is 9.69. The molecule has 0 amide bonds. The van der Waals surface area contributed by atoms with Crippen LogP contribution in [0.3, 0.4) is 0 Å². The minimum atomic E-state index is -0.606. The monoisotopic (exact) mass is 621 g/mol. The molecule has 6 aliphatic rings. The third-order valence-corrected chi connectivity index (χ3v) is 10.8. The van der Waals surface area contributed by atoms with E-state index in [0.29, 0.717) is 31.8 Å². The Morgan fingerprint density at radius 2 is 1.30 bits per heavy atom. The maximum Gasteiger partial charge on any atom is 0.187 e. The fourth-order valence-electron chi connectivity index (χ4n) is 9.10. The van der Waals surface area contributed by atoms with Crippen molar-refractivity contribution in [2.24, 2.45) is 17.8 Å². The van der Waals surface area contributed by atoms with Crippen LogP contribution in [0.2, 0.25) is 0 Å². The molecule has 6 atom stereocenters. The van der Waals surface area contributed by atoms with E-state index in [-0.39, 0.29) is 11.7 Å². The highest BCUT2D eigenvalue weighted by molar-refractivity contribution is 5.37. The summed E-state index contributed by atoms with van der Waals surface area (Å²) in [7, 11) is 0. The molecule has 7 heteroatoms. The van der Waals surface area contributed by atoms with Crippen LogP contribution < -0.4 is 0 Å². The highest BCUT2D eigenvalue weighted by Gasteiger charge is 2.57. The molecule has 2 saturated heterocycles. The molecule has 4 saturated carbocycles. The Balaban J connectivity index is 1.09. The van der Waals surface area contributed by atoms with Gasteiger partial charge in [0, 0.05) is 6.42 Å². The van der Waals surface area contributed by atoms with Crippen LogP contribution in [-0.4, -0.2) is 49.2 Å². The lowest BCUT2D eigenvalue weighted by atomic mass is 9.54. The van der Waals surface area contributed by atoms with Gasteiger partial charge in [-0.15, -0.1) is 0 Å². The minimum absolute atomic E-state index is 0.176. The molecule has 2 aliphatic heterocycles. The average Bonchev–Trinajstić information content (AvgIpc) is 3.07. The Morgan fingerprint density at radius 1 is 0.717 bits per heavy atom. The molecule has 4 aliphatic carbocycles. The van der Waals surface area contributed by atoms with E-state index < -0.39 is 30.9 Å². The van der Waals surface area contributed by atoms with Crippen LogP contribution in [0, 0.1) is 29.1 Å². The van der Waals surface area contributed by atoms with E-state index in [4.69, 9.17) is 28.4 Å². The minimum Gasteiger partial charge on any atom is -0.368 e. The van der Waals surface area contributed by atoms with Crippen molar-refractivity contribution in [3.8, 4) is 6.07 Å². The van der Waals surface area contributed by atoms with E-state index in [9.17, 15) is 5.26 Å². The van der Waals surface area contributed by atoms with Gasteiger partial charge in [0.1, 0.15) is 24.4 Å². The SMILES string of the molecule is N#Cc1ccccc1C[C@@H]1OC[C@H]2O[C@@H](OC34CC5CC(CC(C5)C3)C4)[C@@H](OCc3ccccc3)[C@@H](OCc3ccccc3)[C@@H]2O1. The van der Waals surface area contributed by atoms with Gasteiger partial charge in [-0.1, -0.05) is 78.9 Å². The third kappa shape index (κ3) is 6.40. The molecule has 3 aromatic rings. The summed E-state index contributed by atoms with van der Waals surface area (Å²) >= 11 is 0. The molecule has 3 aromatic carbocycles. The molecule has 46 heavy (non-hydrogen) atoms. The number of fused-ring (bicyclic) bond motifs is 1. The van der Waals surface area contributed by atoms with Crippen molar-refractivity contribution in [2.45, 2.75) is 101 Å². The van der Waals surface area contributed by atoms with Gasteiger partial charge in [0.05, 0.1) is 37.1 Å². The summed E-state index contributed by atoms with van der Waals surface area (Å²) < 4.78 is 40.6. The van der Waals surface area contributed by atoms with Crippen molar-refractivity contribution in [3.05, 3.63) is 107 Å². The van der Waals surface area contributed by atoms with Gasteiger partial charge < -0.3 is 28.4 Å². The summed E-state index contributed by atoms with van der Waals surface area (Å²) in [5.74, 6) is 2.24. The highest BCUT2D eigenvalue weighted by atomic mass is 16.8. The topological polar surface area (TPSA) is 79.2 Å². The predicted octanol–water partition coefficient (Wildman–Crippen LogP) is 6.72. The summed E-state index contributed by atoms with van der Waals surface area (Å²) in [6.45, 7) is 1.17. The molecular formula is C39H43NO6. The first-order chi connectivity index (χ1) is 22.6. The Morgan fingerprint density at radius 3 is 1.93 bits per heavy atom. The quantitative estimate of drug-likeness (QED) is 0.249. The van der Waals surface area contributed by atoms with E-state index in [0.717, 1.165) is 53.7 Å². The van der Waals surface area contributed by atoms with Crippen LogP contribution in [0.25, 0.3) is 0 Å². The number of rotatable bonds is 10. The van der Waals surface area contributed by atoms with Gasteiger partial charge in [-0.3, -0.25) is 0 Å². The number of ether oxygens (including phenoxy) is 6. The van der Waals surface area contributed by atoms with Gasteiger partial charge in [-0.25, -0.2) is 0 Å². The largest absolute Gasteiger partial charge is 0.368 e. The lowest BCUT2D eigenvalue weighted by Gasteiger charge is -2.58. The van der Waals surface area contributed by atoms with Gasteiger partial charge in [0.25, 0.3) is 0 Å². The van der Waals surface area contributed by atoms with Crippen LogP contribution in [0.4, 0.5) is 0 Å². The van der Waals surface area contributed by atoms with Crippen molar-refractivity contribution in [1.29, 1.82) is 5.26 Å². The van der Waals surface area contributed by atoms with Gasteiger partial charge in [-0.2, -0.15) is 5.26 Å². The highest BCUT2D eigenvalue weighted by Crippen LogP contribution is 2.58. The maximum absolute atomic E-state index is 9.69. The smallest absolute Gasteiger partial charge is 0.187 e. The summed E-state index contributed by atoms with van der Waals surface area (Å²) in [5.41, 5.74) is 3.51. The second-order valence-electron chi connectivity index (χ2n) is 14.1. The average molecular weight is 622 g/mol. The lowest BCUT2D eigenvalue weighted by Crippen LogP contribution is -2.66. The van der Waals surface area contributed by atoms with Gasteiger partial charge in [0.15, 0.2) is 12.6 Å². The first-order valence-electron chi connectivity index (χ1n) is 17.0. The Kier molecular flexibility index (Phi) is 8.68. The molecule has 0 radical (unpaired) electrons. The summed E-state index contributed by atoms with van der Waals surface area (Å²) in [4.78, 5) is 0. The molecular weight excluding hydrogens is 578 g/mol. The first-order valence-corrected chi connectivity index (χ1v) is 17.0. The van der Waals surface area contributed by atoms with Gasteiger partial charge >= 0.3 is 0 Å². The van der Waals surface area contributed by atoms with Crippen molar-refractivity contribution in [3.63, 3.8) is 0 Å². The van der Waals surface area contributed by atoms with E-state index >= 15 is 0 Å². The second-order valence-corrected chi connectivity index (χ2v) is 14.1. The molecule has 0 unspecified atom stereocenters. The van der Waals surface area contributed by atoms with Gasteiger partial charge in [0.2, 0.25) is 0 Å². The fourth-order valence-corrected chi connectivity index (χ4v) is 9.10. The standard InChI is InChI=1S/C39H43NO6/c40-22-32-14-8-7-13-31(32)18-34-41-25-33-35(45-34)36(42-23-26-9-3-1-4-10-26)37(43-24-27-11-5-2-6-12-27)38(44-33)46-39-19-28-15-29(20-39)17-30(16-28)21-39/h1-14,28-30,33-38H,15-21,23-25H2/t28?,29?,30?,33-,34-,35-,36+,37+,38+,39?/m1/s1. The zero-order valence-corrected chi connectivity index (χ0v) is 26.2. The molecule has 0 spiro atoms. The van der Waals surface area contributed by atoms with Crippen LogP contribution >= 0.6 is 0 Å². The Bertz CT molecular complexity index is 1470. The number of nitrogens with zero attached hydrogens (tertiary/aromatic N) is 1. The normalized spacial score (nSPS) is 36.2. The molecule has 0 N–H and O–H groups in total. The Hall–Kier alpha value is -3.09. The van der Waals surface area contributed by atoms with Crippen LogP contribution in [0.5, 0.6) is 0 Å². The second kappa shape index (κ2) is 13.2. The van der Waals surface area contributed by atoms with Gasteiger partial charge in [-0.05, 0) is 79.0 Å². The van der Waals surface area contributed by atoms with Crippen molar-refractivity contribution < 1.29 is 28.4 Å². The van der Waals surface area contributed by atoms with Crippen molar-refractivity contribution in [2.75, 3.05) is 6.61 Å². The lowest BCUT2D eigenvalue weighted by molar-refractivity contribution is -0.389. The molecule has 2 heterocycles. The number of hydrogen-bond donors (Lipinski definition) is 0. The van der Waals surface area contributed by atoms with E-state index in [1.54, 1.807) is 0 Å². The summed E-state index contributed by atoms with van der Waals surface area (Å²) in [6, 6.07) is 30.4.